The van der Waals surface area contributed by atoms with E-state index in [9.17, 15) is 0 Å². The van der Waals surface area contributed by atoms with Gasteiger partial charge in [-0.15, -0.1) is 0 Å². The molecule has 0 atom stereocenters. The third-order valence-electron chi connectivity index (χ3n) is 7.49. The lowest BCUT2D eigenvalue weighted by atomic mass is 9.98. The summed E-state index contributed by atoms with van der Waals surface area (Å²) in [7, 11) is 0. The summed E-state index contributed by atoms with van der Waals surface area (Å²) in [5.74, 6) is 0.736. The van der Waals surface area contributed by atoms with E-state index in [-0.39, 0.29) is 0 Å². The van der Waals surface area contributed by atoms with Crippen LogP contribution in [-0.4, -0.2) is 9.97 Å². The lowest BCUT2D eigenvalue weighted by Crippen LogP contribution is -1.95. The first kappa shape index (κ1) is 21.8. The van der Waals surface area contributed by atoms with Gasteiger partial charge in [-0.2, -0.15) is 0 Å². The molecule has 8 aromatic rings. The minimum atomic E-state index is 0.736. The summed E-state index contributed by atoms with van der Waals surface area (Å²) in [6, 6.07) is 46.2. The average molecular weight is 499 g/mol. The Labute approximate surface area is 225 Å². The Kier molecular flexibility index (Phi) is 4.82. The van der Waals surface area contributed by atoms with Crippen LogP contribution in [0.2, 0.25) is 0 Å². The van der Waals surface area contributed by atoms with Crippen LogP contribution < -0.4 is 0 Å². The maximum absolute atomic E-state index is 6.24. The molecule has 0 unspecified atom stereocenters. The summed E-state index contributed by atoms with van der Waals surface area (Å²) in [5, 5.41) is 5.65. The average Bonchev–Trinajstić information content (AvgIpc) is 3.40. The molecule has 0 aliphatic heterocycles. The van der Waals surface area contributed by atoms with Crippen LogP contribution in [0.5, 0.6) is 0 Å². The summed E-state index contributed by atoms with van der Waals surface area (Å²) in [6.45, 7) is 0. The predicted octanol–water partition coefficient (Wildman–Crippen LogP) is 9.68. The summed E-state index contributed by atoms with van der Waals surface area (Å²) < 4.78 is 6.24. The highest BCUT2D eigenvalue weighted by Gasteiger charge is 2.13. The Morgan fingerprint density at radius 3 is 2.00 bits per heavy atom. The van der Waals surface area contributed by atoms with E-state index in [4.69, 9.17) is 14.4 Å². The van der Waals surface area contributed by atoms with E-state index in [1.54, 1.807) is 0 Å². The lowest BCUT2D eigenvalue weighted by molar-refractivity contribution is 0.672. The fourth-order valence-electron chi connectivity index (χ4n) is 5.52. The van der Waals surface area contributed by atoms with Crippen LogP contribution in [-0.2, 0) is 0 Å². The first-order chi connectivity index (χ1) is 19.3. The molecule has 0 saturated carbocycles. The second kappa shape index (κ2) is 8.64. The van der Waals surface area contributed by atoms with Crippen molar-refractivity contribution < 1.29 is 4.42 Å². The van der Waals surface area contributed by atoms with Gasteiger partial charge in [-0.1, -0.05) is 103 Å². The van der Waals surface area contributed by atoms with Crippen molar-refractivity contribution in [3.05, 3.63) is 133 Å². The molecule has 182 valence electrons. The topological polar surface area (TPSA) is 38.9 Å². The fraction of sp³-hybridized carbons (Fsp3) is 0. The molecule has 39 heavy (non-hydrogen) atoms. The number of benzene rings is 6. The molecule has 2 aromatic heterocycles. The Balaban J connectivity index is 1.21. The van der Waals surface area contributed by atoms with Crippen LogP contribution in [0.25, 0.3) is 77.4 Å². The van der Waals surface area contributed by atoms with Crippen molar-refractivity contribution in [3.8, 4) is 33.8 Å². The Morgan fingerprint density at radius 1 is 0.436 bits per heavy atom. The number of para-hydroxylation sites is 2. The predicted molar refractivity (Wildman–Crippen MR) is 161 cm³/mol. The molecular weight excluding hydrogens is 476 g/mol. The Morgan fingerprint density at radius 2 is 1.13 bits per heavy atom. The van der Waals surface area contributed by atoms with Crippen LogP contribution in [0, 0.1) is 0 Å². The second-order valence-electron chi connectivity index (χ2n) is 9.83. The molecule has 0 spiro atoms. The minimum Gasteiger partial charge on any atom is -0.455 e. The van der Waals surface area contributed by atoms with E-state index >= 15 is 0 Å². The first-order valence-corrected chi connectivity index (χ1v) is 13.1. The van der Waals surface area contributed by atoms with Gasteiger partial charge < -0.3 is 4.42 Å². The second-order valence-corrected chi connectivity index (χ2v) is 9.83. The summed E-state index contributed by atoms with van der Waals surface area (Å²) >= 11 is 0. The number of fused-ring (bicyclic) bond motifs is 6. The van der Waals surface area contributed by atoms with E-state index in [1.165, 1.54) is 5.56 Å². The molecule has 3 nitrogen and oxygen atoms in total. The summed E-state index contributed by atoms with van der Waals surface area (Å²) in [5.41, 5.74) is 8.16. The Bertz CT molecular complexity index is 2160. The molecule has 0 N–H and O–H groups in total. The normalized spacial score (nSPS) is 11.6. The van der Waals surface area contributed by atoms with E-state index in [0.29, 0.717) is 0 Å². The van der Waals surface area contributed by atoms with Gasteiger partial charge in [-0.05, 0) is 46.8 Å². The molecule has 0 radical (unpaired) electrons. The molecule has 0 aliphatic carbocycles. The molecule has 2 heterocycles. The summed E-state index contributed by atoms with van der Waals surface area (Å²) in [4.78, 5) is 9.85. The number of rotatable bonds is 3. The number of furan rings is 1. The fourth-order valence-corrected chi connectivity index (χ4v) is 5.52. The molecule has 0 fully saturated rings. The molecule has 8 rings (SSSR count). The SMILES string of the molecule is c1ccc(-c2nc(-c3ccc(-c4ccc5c(ccc6c7ccccc7oc56)c4)cc3)c3ccccc3n2)cc1. The lowest BCUT2D eigenvalue weighted by Gasteiger charge is -2.10. The van der Waals surface area contributed by atoms with E-state index < -0.39 is 0 Å². The molecule has 3 heteroatoms. The van der Waals surface area contributed by atoms with Crippen LogP contribution >= 0.6 is 0 Å². The van der Waals surface area contributed by atoms with E-state index in [1.807, 2.05) is 42.5 Å². The van der Waals surface area contributed by atoms with E-state index in [0.717, 1.165) is 71.8 Å². The van der Waals surface area contributed by atoms with Gasteiger partial charge in [0.05, 0.1) is 11.2 Å². The van der Waals surface area contributed by atoms with Gasteiger partial charge in [-0.3, -0.25) is 0 Å². The third kappa shape index (κ3) is 3.59. The molecule has 6 aromatic carbocycles. The standard InChI is InChI=1S/C36H22N2O/c1-2-8-25(9-3-1)36-37-32-12-6-4-11-31(32)34(38-36)24-16-14-23(15-17-24)26-18-20-28-27(22-26)19-21-30-29-10-5-7-13-33(29)39-35(28)30/h1-22H. The van der Waals surface area contributed by atoms with Gasteiger partial charge in [-0.25, -0.2) is 9.97 Å². The highest BCUT2D eigenvalue weighted by Crippen LogP contribution is 2.36. The van der Waals surface area contributed by atoms with Crippen LogP contribution in [0.4, 0.5) is 0 Å². The summed E-state index contributed by atoms with van der Waals surface area (Å²) in [6.07, 6.45) is 0. The van der Waals surface area contributed by atoms with Crippen molar-refractivity contribution in [2.24, 2.45) is 0 Å². The molecule has 0 aliphatic rings. The highest BCUT2D eigenvalue weighted by atomic mass is 16.3. The zero-order chi connectivity index (χ0) is 25.8. The number of hydrogen-bond donors (Lipinski definition) is 0. The van der Waals surface area contributed by atoms with Crippen LogP contribution in [0.15, 0.2) is 138 Å². The molecule has 0 bridgehead atoms. The number of aromatic nitrogens is 2. The van der Waals surface area contributed by atoms with Gasteiger partial charge in [0.2, 0.25) is 0 Å². The van der Waals surface area contributed by atoms with Gasteiger partial charge in [0.15, 0.2) is 5.82 Å². The third-order valence-corrected chi connectivity index (χ3v) is 7.49. The largest absolute Gasteiger partial charge is 0.455 e. The molecule has 0 amide bonds. The van der Waals surface area contributed by atoms with Gasteiger partial charge >= 0.3 is 0 Å². The molecule has 0 saturated heterocycles. The van der Waals surface area contributed by atoms with Crippen LogP contribution in [0.1, 0.15) is 0 Å². The first-order valence-electron chi connectivity index (χ1n) is 13.1. The van der Waals surface area contributed by atoms with Crippen molar-refractivity contribution in [3.63, 3.8) is 0 Å². The molecular formula is C36H22N2O. The van der Waals surface area contributed by atoms with Gasteiger partial charge in [0.25, 0.3) is 0 Å². The Hall–Kier alpha value is -5.28. The number of hydrogen-bond acceptors (Lipinski definition) is 3. The van der Waals surface area contributed by atoms with Crippen molar-refractivity contribution in [2.75, 3.05) is 0 Å². The van der Waals surface area contributed by atoms with Crippen molar-refractivity contribution in [1.29, 1.82) is 0 Å². The maximum atomic E-state index is 6.24. The minimum absolute atomic E-state index is 0.736. The van der Waals surface area contributed by atoms with Crippen molar-refractivity contribution in [1.82, 2.24) is 9.97 Å². The monoisotopic (exact) mass is 498 g/mol. The smallest absolute Gasteiger partial charge is 0.160 e. The zero-order valence-corrected chi connectivity index (χ0v) is 21.0. The number of nitrogens with zero attached hydrogens (tertiary/aromatic N) is 2. The van der Waals surface area contributed by atoms with E-state index in [2.05, 4.69) is 91.0 Å². The highest BCUT2D eigenvalue weighted by molar-refractivity contribution is 6.15. The van der Waals surface area contributed by atoms with Crippen molar-refractivity contribution >= 4 is 43.6 Å². The van der Waals surface area contributed by atoms with Crippen LogP contribution in [0.3, 0.4) is 0 Å². The quantitative estimate of drug-likeness (QED) is 0.243. The maximum Gasteiger partial charge on any atom is 0.160 e. The van der Waals surface area contributed by atoms with Gasteiger partial charge in [0, 0.05) is 32.7 Å². The van der Waals surface area contributed by atoms with Crippen molar-refractivity contribution in [2.45, 2.75) is 0 Å². The van der Waals surface area contributed by atoms with Gasteiger partial charge in [0.1, 0.15) is 11.2 Å². The zero-order valence-electron chi connectivity index (χ0n) is 21.0.